The third-order valence-electron chi connectivity index (χ3n) is 6.50. The molecular weight excluding hydrogens is 426 g/mol. The zero-order valence-corrected chi connectivity index (χ0v) is 19.3. The average molecular weight is 459 g/mol. The number of rotatable bonds is 6. The molecule has 4 rings (SSSR count). The molecule has 1 heterocycles. The molecule has 2 aromatic rings. The summed E-state index contributed by atoms with van der Waals surface area (Å²) >= 11 is 0. The summed E-state index contributed by atoms with van der Waals surface area (Å²) in [7, 11) is 4.06. The Morgan fingerprint density at radius 3 is 2.58 bits per heavy atom. The molecule has 0 saturated heterocycles. The predicted octanol–water partition coefficient (Wildman–Crippen LogP) is 4.49. The minimum absolute atomic E-state index is 0.0380. The number of urea groups is 1. The van der Waals surface area contributed by atoms with E-state index in [4.69, 9.17) is 9.97 Å². The zero-order chi connectivity index (χ0) is 23.4. The fraction of sp³-hybridized carbons (Fsp3) is 0.542. The number of nitrogens with one attached hydrogen (secondary N) is 3. The Kier molecular flexibility index (Phi) is 7.25. The SMILES string of the molecule is CN(C)c1nc(N[C@H]2CC[C@@H](CNC(=O)Nc3ccc(F)cc3F)CC2)nc2c1CCCC2. The maximum absolute atomic E-state index is 13.7. The average Bonchev–Trinajstić information content (AvgIpc) is 2.80. The highest BCUT2D eigenvalue weighted by molar-refractivity contribution is 5.89. The summed E-state index contributed by atoms with van der Waals surface area (Å²) in [6, 6.07) is 2.89. The van der Waals surface area contributed by atoms with E-state index in [0.29, 0.717) is 24.5 Å². The van der Waals surface area contributed by atoms with Gasteiger partial charge in [-0.05, 0) is 69.4 Å². The summed E-state index contributed by atoms with van der Waals surface area (Å²) in [5, 5.41) is 8.77. The molecule has 0 radical (unpaired) electrons. The van der Waals surface area contributed by atoms with Crippen molar-refractivity contribution >= 4 is 23.5 Å². The molecule has 3 N–H and O–H groups in total. The van der Waals surface area contributed by atoms with Crippen molar-refractivity contribution in [3.05, 3.63) is 41.1 Å². The van der Waals surface area contributed by atoms with Crippen molar-refractivity contribution in [3.8, 4) is 0 Å². The van der Waals surface area contributed by atoms with Crippen molar-refractivity contribution in [1.82, 2.24) is 15.3 Å². The standard InChI is InChI=1S/C24H32F2N6O/c1-32(2)22-18-5-3-4-6-20(18)29-23(31-22)28-17-10-7-15(8-11-17)14-27-24(33)30-21-12-9-16(25)13-19(21)26/h9,12-13,15,17H,3-8,10-11,14H2,1-2H3,(H2,27,30,33)(H,28,29,31)/t15-,17+. The summed E-state index contributed by atoms with van der Waals surface area (Å²) in [6.07, 6.45) is 8.30. The van der Waals surface area contributed by atoms with Crippen molar-refractivity contribution in [2.24, 2.45) is 5.92 Å². The molecule has 0 unspecified atom stereocenters. The van der Waals surface area contributed by atoms with Crippen LogP contribution in [0.15, 0.2) is 18.2 Å². The van der Waals surface area contributed by atoms with Gasteiger partial charge in [-0.1, -0.05) is 0 Å². The van der Waals surface area contributed by atoms with E-state index in [-0.39, 0.29) is 5.69 Å². The van der Waals surface area contributed by atoms with E-state index < -0.39 is 17.7 Å². The number of carbonyl (C=O) groups is 1. The van der Waals surface area contributed by atoms with Crippen LogP contribution in [0, 0.1) is 17.6 Å². The number of aryl methyl sites for hydroxylation is 1. The summed E-state index contributed by atoms with van der Waals surface area (Å²) < 4.78 is 26.7. The number of fused-ring (bicyclic) bond motifs is 1. The van der Waals surface area contributed by atoms with Crippen LogP contribution in [0.25, 0.3) is 0 Å². The van der Waals surface area contributed by atoms with Gasteiger partial charge in [-0.25, -0.2) is 18.6 Å². The molecule has 33 heavy (non-hydrogen) atoms. The molecule has 1 fully saturated rings. The van der Waals surface area contributed by atoms with Crippen LogP contribution >= 0.6 is 0 Å². The summed E-state index contributed by atoms with van der Waals surface area (Å²) in [5.74, 6) is 0.611. The number of carbonyl (C=O) groups excluding carboxylic acids is 1. The van der Waals surface area contributed by atoms with Crippen molar-refractivity contribution < 1.29 is 13.6 Å². The molecule has 1 aromatic heterocycles. The largest absolute Gasteiger partial charge is 0.362 e. The van der Waals surface area contributed by atoms with Crippen LogP contribution in [0.2, 0.25) is 0 Å². The quantitative estimate of drug-likeness (QED) is 0.594. The van der Waals surface area contributed by atoms with Gasteiger partial charge in [0.25, 0.3) is 0 Å². The van der Waals surface area contributed by atoms with Gasteiger partial charge in [0.1, 0.15) is 17.5 Å². The second-order valence-electron chi connectivity index (χ2n) is 9.22. The van der Waals surface area contributed by atoms with Gasteiger partial charge in [0.05, 0.1) is 11.4 Å². The number of halogens is 2. The van der Waals surface area contributed by atoms with Gasteiger partial charge in [-0.15, -0.1) is 0 Å². The van der Waals surface area contributed by atoms with Gasteiger partial charge >= 0.3 is 6.03 Å². The second kappa shape index (κ2) is 10.3. The normalized spacial score (nSPS) is 20.0. The molecule has 2 aliphatic carbocycles. The van der Waals surface area contributed by atoms with Crippen LogP contribution in [-0.2, 0) is 12.8 Å². The molecule has 0 atom stereocenters. The summed E-state index contributed by atoms with van der Waals surface area (Å²) in [5.41, 5.74) is 2.42. The van der Waals surface area contributed by atoms with Gasteiger partial charge in [0.15, 0.2) is 0 Å². The van der Waals surface area contributed by atoms with Crippen molar-refractivity contribution in [3.63, 3.8) is 0 Å². The van der Waals surface area contributed by atoms with Crippen LogP contribution in [0.1, 0.15) is 49.8 Å². The Hall–Kier alpha value is -2.97. The third kappa shape index (κ3) is 5.89. The van der Waals surface area contributed by atoms with Gasteiger partial charge in [0, 0.05) is 38.3 Å². The Bertz CT molecular complexity index is 991. The zero-order valence-electron chi connectivity index (χ0n) is 19.3. The van der Waals surface area contributed by atoms with Crippen LogP contribution in [0.5, 0.6) is 0 Å². The molecule has 1 saturated carbocycles. The third-order valence-corrected chi connectivity index (χ3v) is 6.50. The molecule has 2 aliphatic rings. The molecule has 9 heteroatoms. The molecule has 2 amide bonds. The Morgan fingerprint density at radius 1 is 1.09 bits per heavy atom. The number of amides is 2. The van der Waals surface area contributed by atoms with Crippen LogP contribution < -0.4 is 20.9 Å². The first-order valence-corrected chi connectivity index (χ1v) is 11.7. The molecule has 7 nitrogen and oxygen atoms in total. The number of hydrogen-bond acceptors (Lipinski definition) is 5. The molecule has 0 bridgehead atoms. The second-order valence-corrected chi connectivity index (χ2v) is 9.22. The maximum atomic E-state index is 13.7. The first kappa shape index (κ1) is 23.2. The summed E-state index contributed by atoms with van der Waals surface area (Å²) in [4.78, 5) is 23.8. The number of hydrogen-bond donors (Lipinski definition) is 3. The number of aromatic nitrogens is 2. The highest BCUT2D eigenvalue weighted by Gasteiger charge is 2.24. The lowest BCUT2D eigenvalue weighted by Gasteiger charge is -2.30. The number of benzene rings is 1. The smallest absolute Gasteiger partial charge is 0.319 e. The van der Waals surface area contributed by atoms with E-state index >= 15 is 0 Å². The lowest BCUT2D eigenvalue weighted by atomic mass is 9.86. The monoisotopic (exact) mass is 458 g/mol. The van der Waals surface area contributed by atoms with Crippen LogP contribution in [0.3, 0.4) is 0 Å². The Labute approximate surface area is 193 Å². The topological polar surface area (TPSA) is 82.2 Å². The van der Waals surface area contributed by atoms with Crippen LogP contribution in [-0.4, -0.2) is 42.7 Å². The first-order valence-electron chi connectivity index (χ1n) is 11.7. The fourth-order valence-corrected chi connectivity index (χ4v) is 4.70. The first-order chi connectivity index (χ1) is 15.9. The van der Waals surface area contributed by atoms with Crippen LogP contribution in [0.4, 0.5) is 31.0 Å². The molecule has 0 aliphatic heterocycles. The van der Waals surface area contributed by atoms with Gasteiger partial charge in [0.2, 0.25) is 5.95 Å². The van der Waals surface area contributed by atoms with Crippen molar-refractivity contribution in [2.45, 2.75) is 57.4 Å². The minimum atomic E-state index is -0.793. The van der Waals surface area contributed by atoms with E-state index in [2.05, 4.69) is 20.9 Å². The van der Waals surface area contributed by atoms with Gasteiger partial charge in [-0.2, -0.15) is 4.98 Å². The van der Waals surface area contributed by atoms with E-state index in [1.807, 2.05) is 14.1 Å². The minimum Gasteiger partial charge on any atom is -0.362 e. The van der Waals surface area contributed by atoms with Crippen molar-refractivity contribution in [2.75, 3.05) is 36.2 Å². The lowest BCUT2D eigenvalue weighted by Crippen LogP contribution is -2.36. The van der Waals surface area contributed by atoms with Gasteiger partial charge in [-0.3, -0.25) is 0 Å². The number of nitrogens with zero attached hydrogens (tertiary/aromatic N) is 3. The van der Waals surface area contributed by atoms with E-state index in [0.717, 1.165) is 56.5 Å². The van der Waals surface area contributed by atoms with Gasteiger partial charge < -0.3 is 20.9 Å². The summed E-state index contributed by atoms with van der Waals surface area (Å²) in [6.45, 7) is 0.515. The molecule has 1 aromatic carbocycles. The Balaban J connectivity index is 1.25. The fourth-order valence-electron chi connectivity index (χ4n) is 4.70. The molecular formula is C24H32F2N6O. The number of anilines is 3. The van der Waals surface area contributed by atoms with E-state index in [1.165, 1.54) is 30.2 Å². The van der Waals surface area contributed by atoms with E-state index in [1.54, 1.807) is 0 Å². The Morgan fingerprint density at radius 2 is 1.85 bits per heavy atom. The van der Waals surface area contributed by atoms with Crippen molar-refractivity contribution in [1.29, 1.82) is 0 Å². The predicted molar refractivity (Wildman–Crippen MR) is 126 cm³/mol. The highest BCUT2D eigenvalue weighted by atomic mass is 19.1. The van der Waals surface area contributed by atoms with E-state index in [9.17, 15) is 13.6 Å². The maximum Gasteiger partial charge on any atom is 0.319 e. The molecule has 0 spiro atoms. The highest BCUT2D eigenvalue weighted by Crippen LogP contribution is 2.30. The molecule has 178 valence electrons. The lowest BCUT2D eigenvalue weighted by molar-refractivity contribution is 0.246.